The summed E-state index contributed by atoms with van der Waals surface area (Å²) >= 11 is 6.05. The molecule has 0 radical (unpaired) electrons. The molecule has 2 nitrogen and oxygen atoms in total. The minimum atomic E-state index is 0.668. The number of rotatable bonds is 1. The molecule has 0 unspecified atom stereocenters. The molecule has 1 heterocycles. The first-order valence-electron chi connectivity index (χ1n) is 5.49. The zero-order chi connectivity index (χ0) is 10.8. The van der Waals surface area contributed by atoms with Crippen molar-refractivity contribution in [3.05, 3.63) is 22.7 Å². The molecule has 1 fully saturated rings. The molecule has 0 bridgehead atoms. The number of halogens is 1. The maximum Gasteiger partial charge on any atom is 0.0656 e. The maximum atomic E-state index is 6.05. The lowest BCUT2D eigenvalue weighted by Gasteiger charge is -2.30. The molecular formula is C12H17ClN2. The lowest BCUT2D eigenvalue weighted by atomic mass is 10.1. The molecule has 0 spiro atoms. The molecule has 1 aliphatic heterocycles. The van der Waals surface area contributed by atoms with Crippen LogP contribution in [0.2, 0.25) is 5.02 Å². The fraction of sp³-hybridized carbons (Fsp3) is 0.500. The largest absolute Gasteiger partial charge is 0.398 e. The average molecular weight is 225 g/mol. The van der Waals surface area contributed by atoms with Gasteiger partial charge in [-0.15, -0.1) is 0 Å². The minimum absolute atomic E-state index is 0.668. The first-order chi connectivity index (χ1) is 7.18. The highest BCUT2D eigenvalue weighted by atomic mass is 35.5. The molecule has 3 heteroatoms. The monoisotopic (exact) mass is 224 g/mol. The molecule has 82 valence electrons. The minimum Gasteiger partial charge on any atom is -0.398 e. The standard InChI is InChI=1S/C12H17ClN2/c1-9-7-11(14)10(13)8-12(9)15-5-3-2-4-6-15/h7-8H,2-6,14H2,1H3. The fourth-order valence-electron chi connectivity index (χ4n) is 2.17. The van der Waals surface area contributed by atoms with Crippen molar-refractivity contribution in [2.24, 2.45) is 0 Å². The SMILES string of the molecule is Cc1cc(N)c(Cl)cc1N1CCCCC1. The molecule has 1 aromatic rings. The number of benzene rings is 1. The Kier molecular flexibility index (Phi) is 3.06. The van der Waals surface area contributed by atoms with Crippen LogP contribution in [-0.2, 0) is 0 Å². The highest BCUT2D eigenvalue weighted by Gasteiger charge is 2.14. The highest BCUT2D eigenvalue weighted by molar-refractivity contribution is 6.33. The summed E-state index contributed by atoms with van der Waals surface area (Å²) in [6, 6.07) is 3.96. The van der Waals surface area contributed by atoms with E-state index in [1.807, 2.05) is 12.1 Å². The number of nitrogens with zero attached hydrogens (tertiary/aromatic N) is 1. The van der Waals surface area contributed by atoms with Gasteiger partial charge >= 0.3 is 0 Å². The Morgan fingerprint density at radius 2 is 1.87 bits per heavy atom. The van der Waals surface area contributed by atoms with E-state index in [1.54, 1.807) is 0 Å². The second-order valence-corrected chi connectivity index (χ2v) is 4.62. The number of nitrogens with two attached hydrogens (primary N) is 1. The van der Waals surface area contributed by atoms with Gasteiger partial charge in [-0.05, 0) is 43.9 Å². The number of piperidine rings is 1. The number of aryl methyl sites for hydroxylation is 1. The second kappa shape index (κ2) is 4.31. The van der Waals surface area contributed by atoms with Gasteiger partial charge in [0.25, 0.3) is 0 Å². The van der Waals surface area contributed by atoms with Gasteiger partial charge in [-0.2, -0.15) is 0 Å². The van der Waals surface area contributed by atoms with Crippen LogP contribution in [0.15, 0.2) is 12.1 Å². The molecule has 0 atom stereocenters. The summed E-state index contributed by atoms with van der Waals surface area (Å²) in [5.74, 6) is 0. The first-order valence-corrected chi connectivity index (χ1v) is 5.87. The van der Waals surface area contributed by atoms with E-state index >= 15 is 0 Å². The number of hydrogen-bond acceptors (Lipinski definition) is 2. The molecular weight excluding hydrogens is 208 g/mol. The van der Waals surface area contributed by atoms with Crippen LogP contribution in [0.25, 0.3) is 0 Å². The third-order valence-corrected chi connectivity index (χ3v) is 3.34. The second-order valence-electron chi connectivity index (χ2n) is 4.21. The van der Waals surface area contributed by atoms with Gasteiger partial charge in [0.15, 0.2) is 0 Å². The third kappa shape index (κ3) is 2.20. The quantitative estimate of drug-likeness (QED) is 0.743. The Hall–Kier alpha value is -0.890. The van der Waals surface area contributed by atoms with Gasteiger partial charge in [-0.25, -0.2) is 0 Å². The third-order valence-electron chi connectivity index (χ3n) is 3.01. The lowest BCUT2D eigenvalue weighted by Crippen LogP contribution is -2.29. The van der Waals surface area contributed by atoms with Gasteiger partial charge < -0.3 is 10.6 Å². The van der Waals surface area contributed by atoms with Crippen LogP contribution < -0.4 is 10.6 Å². The Labute approximate surface area is 96.0 Å². The average Bonchev–Trinajstić information content (AvgIpc) is 2.25. The molecule has 0 saturated carbocycles. The first kappa shape index (κ1) is 10.6. The van der Waals surface area contributed by atoms with Crippen LogP contribution in [0, 0.1) is 6.92 Å². The normalized spacial score (nSPS) is 16.8. The summed E-state index contributed by atoms with van der Waals surface area (Å²) in [5, 5.41) is 0.668. The smallest absolute Gasteiger partial charge is 0.0656 e. The maximum absolute atomic E-state index is 6.05. The van der Waals surface area contributed by atoms with Crippen LogP contribution in [0.1, 0.15) is 24.8 Å². The van der Waals surface area contributed by atoms with Crippen LogP contribution >= 0.6 is 11.6 Å². The summed E-state index contributed by atoms with van der Waals surface area (Å²) in [5.41, 5.74) is 8.91. The van der Waals surface area contributed by atoms with Gasteiger partial charge in [-0.3, -0.25) is 0 Å². The van der Waals surface area contributed by atoms with Crippen LogP contribution in [0.3, 0.4) is 0 Å². The molecule has 1 aliphatic rings. The molecule has 0 amide bonds. The van der Waals surface area contributed by atoms with Crippen molar-refractivity contribution in [3.8, 4) is 0 Å². The van der Waals surface area contributed by atoms with Crippen LogP contribution in [0.4, 0.5) is 11.4 Å². The summed E-state index contributed by atoms with van der Waals surface area (Å²) in [6.07, 6.45) is 3.90. The van der Waals surface area contributed by atoms with E-state index in [1.165, 1.54) is 30.5 Å². The Morgan fingerprint density at radius 3 is 2.53 bits per heavy atom. The molecule has 1 saturated heterocycles. The van der Waals surface area contributed by atoms with E-state index in [4.69, 9.17) is 17.3 Å². The fourth-order valence-corrected chi connectivity index (χ4v) is 2.33. The molecule has 15 heavy (non-hydrogen) atoms. The van der Waals surface area contributed by atoms with E-state index in [9.17, 15) is 0 Å². The zero-order valence-corrected chi connectivity index (χ0v) is 9.85. The van der Waals surface area contributed by atoms with E-state index < -0.39 is 0 Å². The number of nitrogen functional groups attached to an aromatic ring is 1. The lowest BCUT2D eigenvalue weighted by molar-refractivity contribution is 0.577. The predicted octanol–water partition coefficient (Wildman–Crippen LogP) is 3.22. The Balaban J connectivity index is 2.30. The van der Waals surface area contributed by atoms with Gasteiger partial charge in [0.1, 0.15) is 0 Å². The molecule has 2 N–H and O–H groups in total. The molecule has 2 rings (SSSR count). The summed E-state index contributed by atoms with van der Waals surface area (Å²) < 4.78 is 0. The molecule has 1 aromatic carbocycles. The van der Waals surface area contributed by atoms with Crippen molar-refractivity contribution in [1.82, 2.24) is 0 Å². The van der Waals surface area contributed by atoms with Gasteiger partial charge in [-0.1, -0.05) is 11.6 Å². The molecule has 0 aromatic heterocycles. The summed E-state index contributed by atoms with van der Waals surface area (Å²) in [6.45, 7) is 4.37. The van der Waals surface area contributed by atoms with Gasteiger partial charge in [0, 0.05) is 18.8 Å². The Bertz CT molecular complexity index is 357. The van der Waals surface area contributed by atoms with Crippen molar-refractivity contribution in [2.75, 3.05) is 23.7 Å². The van der Waals surface area contributed by atoms with Crippen molar-refractivity contribution in [2.45, 2.75) is 26.2 Å². The Morgan fingerprint density at radius 1 is 1.20 bits per heavy atom. The van der Waals surface area contributed by atoms with Crippen molar-refractivity contribution < 1.29 is 0 Å². The van der Waals surface area contributed by atoms with Gasteiger partial charge in [0.05, 0.1) is 10.7 Å². The summed E-state index contributed by atoms with van der Waals surface area (Å²) in [4.78, 5) is 2.41. The van der Waals surface area contributed by atoms with Crippen molar-refractivity contribution >= 4 is 23.0 Å². The van der Waals surface area contributed by atoms with E-state index in [0.717, 1.165) is 13.1 Å². The topological polar surface area (TPSA) is 29.3 Å². The predicted molar refractivity (Wildman–Crippen MR) is 66.7 cm³/mol. The molecule has 0 aliphatic carbocycles. The number of hydrogen-bond donors (Lipinski definition) is 1. The van der Waals surface area contributed by atoms with Crippen molar-refractivity contribution in [3.63, 3.8) is 0 Å². The van der Waals surface area contributed by atoms with Crippen molar-refractivity contribution in [1.29, 1.82) is 0 Å². The summed E-state index contributed by atoms with van der Waals surface area (Å²) in [7, 11) is 0. The van der Waals surface area contributed by atoms with Crippen LogP contribution in [-0.4, -0.2) is 13.1 Å². The zero-order valence-electron chi connectivity index (χ0n) is 9.09. The van der Waals surface area contributed by atoms with E-state index in [0.29, 0.717) is 10.7 Å². The van der Waals surface area contributed by atoms with Gasteiger partial charge in [0.2, 0.25) is 0 Å². The number of anilines is 2. The van der Waals surface area contributed by atoms with Crippen LogP contribution in [0.5, 0.6) is 0 Å². The highest BCUT2D eigenvalue weighted by Crippen LogP contribution is 2.30. The van der Waals surface area contributed by atoms with E-state index in [-0.39, 0.29) is 0 Å². The van der Waals surface area contributed by atoms with E-state index in [2.05, 4.69) is 11.8 Å².